The Morgan fingerprint density at radius 2 is 1.78 bits per heavy atom. The maximum Gasteiger partial charge on any atom is 0.0862 e. The van der Waals surface area contributed by atoms with E-state index in [0.717, 1.165) is 31.6 Å². The molecule has 1 aliphatic rings. The molecule has 0 aromatic rings. The van der Waals surface area contributed by atoms with Crippen LogP contribution in [0.5, 0.6) is 0 Å². The van der Waals surface area contributed by atoms with E-state index in [-0.39, 0.29) is 5.92 Å². The van der Waals surface area contributed by atoms with Crippen LogP contribution in [0.15, 0.2) is 0 Å². The van der Waals surface area contributed by atoms with Gasteiger partial charge in [0.15, 0.2) is 0 Å². The lowest BCUT2D eigenvalue weighted by Crippen LogP contribution is -2.53. The highest BCUT2D eigenvalue weighted by Gasteiger charge is 2.52. The largest absolute Gasteiger partial charge is 0.388 e. The average Bonchev–Trinajstić information content (AvgIpc) is 2.37. The van der Waals surface area contributed by atoms with E-state index in [4.69, 9.17) is 0 Å². The minimum atomic E-state index is -0.830. The monoisotopic (exact) mass is 251 g/mol. The van der Waals surface area contributed by atoms with Crippen molar-refractivity contribution in [3.05, 3.63) is 0 Å². The van der Waals surface area contributed by atoms with Gasteiger partial charge in [-0.3, -0.25) is 0 Å². The summed E-state index contributed by atoms with van der Waals surface area (Å²) in [6.07, 6.45) is 4.55. The first-order valence-electron chi connectivity index (χ1n) is 7.46. The first-order valence-corrected chi connectivity index (χ1v) is 7.46. The number of nitriles is 1. The van der Waals surface area contributed by atoms with Crippen LogP contribution in [0.4, 0.5) is 0 Å². The smallest absolute Gasteiger partial charge is 0.0862 e. The minimum Gasteiger partial charge on any atom is -0.388 e. The quantitative estimate of drug-likeness (QED) is 0.816. The van der Waals surface area contributed by atoms with E-state index in [1.54, 1.807) is 0 Å². The first kappa shape index (κ1) is 15.5. The van der Waals surface area contributed by atoms with Crippen LogP contribution in [-0.4, -0.2) is 10.7 Å². The van der Waals surface area contributed by atoms with Crippen LogP contribution in [0.1, 0.15) is 66.7 Å². The third-order valence-electron chi connectivity index (χ3n) is 5.36. The van der Waals surface area contributed by atoms with Crippen molar-refractivity contribution in [3.8, 4) is 6.07 Å². The molecule has 18 heavy (non-hydrogen) atoms. The lowest BCUT2D eigenvalue weighted by molar-refractivity contribution is -0.115. The van der Waals surface area contributed by atoms with E-state index in [1.807, 2.05) is 20.8 Å². The van der Waals surface area contributed by atoms with Gasteiger partial charge >= 0.3 is 0 Å². The van der Waals surface area contributed by atoms with E-state index >= 15 is 0 Å². The zero-order valence-electron chi connectivity index (χ0n) is 12.7. The highest BCUT2D eigenvalue weighted by Crippen LogP contribution is 2.51. The van der Waals surface area contributed by atoms with Crippen molar-refractivity contribution < 1.29 is 5.11 Å². The molecular formula is C16H29NO. The van der Waals surface area contributed by atoms with Crippen molar-refractivity contribution in [2.75, 3.05) is 0 Å². The van der Waals surface area contributed by atoms with Gasteiger partial charge in [0.1, 0.15) is 0 Å². The van der Waals surface area contributed by atoms with Crippen molar-refractivity contribution in [2.24, 2.45) is 23.2 Å². The second-order valence-corrected chi connectivity index (χ2v) is 6.71. The Morgan fingerprint density at radius 1 is 1.28 bits per heavy atom. The predicted octanol–water partition coefficient (Wildman–Crippen LogP) is 4.14. The second kappa shape index (κ2) is 5.61. The molecule has 1 aliphatic carbocycles. The summed E-state index contributed by atoms with van der Waals surface area (Å²) in [6.45, 7) is 10.6. The lowest BCUT2D eigenvalue weighted by atomic mass is 9.57. The molecule has 2 heteroatoms. The number of aliphatic hydroxyl groups is 1. The van der Waals surface area contributed by atoms with Gasteiger partial charge in [-0.2, -0.15) is 5.26 Å². The molecule has 0 aromatic carbocycles. The van der Waals surface area contributed by atoms with Gasteiger partial charge in [0.25, 0.3) is 0 Å². The molecule has 1 rings (SSSR count). The zero-order valence-corrected chi connectivity index (χ0v) is 12.7. The van der Waals surface area contributed by atoms with Crippen molar-refractivity contribution in [2.45, 2.75) is 72.3 Å². The molecular weight excluding hydrogens is 222 g/mol. The standard InChI is InChI=1S/C16H29NO/c1-6-16(18,13(4)5)15(11-17)9-7-14(8-10-15)12(2)3/h12-14,18H,6-10H2,1-5H3. The van der Waals surface area contributed by atoms with Gasteiger partial charge < -0.3 is 5.11 Å². The Bertz CT molecular complexity index is 308. The van der Waals surface area contributed by atoms with Crippen molar-refractivity contribution in [1.29, 1.82) is 5.26 Å². The Morgan fingerprint density at radius 3 is 2.06 bits per heavy atom. The van der Waals surface area contributed by atoms with E-state index in [2.05, 4.69) is 19.9 Å². The summed E-state index contributed by atoms with van der Waals surface area (Å²) < 4.78 is 0. The number of nitrogens with zero attached hydrogens (tertiary/aromatic N) is 1. The highest BCUT2D eigenvalue weighted by atomic mass is 16.3. The summed E-state index contributed by atoms with van der Waals surface area (Å²) in [5.74, 6) is 1.55. The molecule has 0 aromatic heterocycles. The fraction of sp³-hybridized carbons (Fsp3) is 0.938. The third-order valence-corrected chi connectivity index (χ3v) is 5.36. The summed E-state index contributed by atoms with van der Waals surface area (Å²) in [5, 5.41) is 20.6. The summed E-state index contributed by atoms with van der Waals surface area (Å²) in [4.78, 5) is 0. The summed E-state index contributed by atoms with van der Waals surface area (Å²) in [5.41, 5.74) is -1.36. The summed E-state index contributed by atoms with van der Waals surface area (Å²) in [7, 11) is 0. The molecule has 0 amide bonds. The first-order chi connectivity index (χ1) is 8.33. The topological polar surface area (TPSA) is 44.0 Å². The van der Waals surface area contributed by atoms with Crippen LogP contribution in [0.2, 0.25) is 0 Å². The second-order valence-electron chi connectivity index (χ2n) is 6.71. The SMILES string of the molecule is CCC(O)(C(C)C)C1(C#N)CCC(C(C)C)CC1. The molecule has 2 nitrogen and oxygen atoms in total. The molecule has 0 spiro atoms. The molecule has 1 unspecified atom stereocenters. The maximum atomic E-state index is 11.0. The van der Waals surface area contributed by atoms with Gasteiger partial charge in [0, 0.05) is 0 Å². The lowest BCUT2D eigenvalue weighted by Gasteiger charge is -2.49. The van der Waals surface area contributed by atoms with Gasteiger partial charge in [-0.25, -0.2) is 0 Å². The molecule has 1 fully saturated rings. The zero-order chi connectivity index (χ0) is 14.0. The number of hydrogen-bond acceptors (Lipinski definition) is 2. The Kier molecular flexibility index (Phi) is 4.84. The average molecular weight is 251 g/mol. The minimum absolute atomic E-state index is 0.137. The highest BCUT2D eigenvalue weighted by molar-refractivity contribution is 5.13. The Labute approximate surface area is 112 Å². The molecule has 0 heterocycles. The van der Waals surface area contributed by atoms with E-state index in [0.29, 0.717) is 12.3 Å². The van der Waals surface area contributed by atoms with Crippen molar-refractivity contribution in [1.82, 2.24) is 0 Å². The molecule has 104 valence electrons. The maximum absolute atomic E-state index is 11.0. The van der Waals surface area contributed by atoms with Gasteiger partial charge in [0.2, 0.25) is 0 Å². The fourth-order valence-corrected chi connectivity index (χ4v) is 3.74. The van der Waals surface area contributed by atoms with Crippen LogP contribution < -0.4 is 0 Å². The van der Waals surface area contributed by atoms with Crippen LogP contribution in [0, 0.1) is 34.5 Å². The van der Waals surface area contributed by atoms with Gasteiger partial charge in [-0.15, -0.1) is 0 Å². The summed E-state index contributed by atoms with van der Waals surface area (Å²) >= 11 is 0. The van der Waals surface area contributed by atoms with Gasteiger partial charge in [-0.1, -0.05) is 34.6 Å². The molecule has 1 atom stereocenters. The number of rotatable bonds is 4. The van der Waals surface area contributed by atoms with Crippen molar-refractivity contribution >= 4 is 0 Å². The molecule has 0 bridgehead atoms. The predicted molar refractivity (Wildman–Crippen MR) is 74.9 cm³/mol. The van der Waals surface area contributed by atoms with Crippen LogP contribution in [0.3, 0.4) is 0 Å². The fourth-order valence-electron chi connectivity index (χ4n) is 3.74. The number of hydrogen-bond donors (Lipinski definition) is 1. The van der Waals surface area contributed by atoms with Crippen molar-refractivity contribution in [3.63, 3.8) is 0 Å². The Hall–Kier alpha value is -0.550. The molecule has 0 aliphatic heterocycles. The third kappa shape index (κ3) is 2.43. The van der Waals surface area contributed by atoms with Gasteiger partial charge in [-0.05, 0) is 49.9 Å². The molecule has 1 saturated carbocycles. The Balaban J connectivity index is 2.94. The molecule has 0 radical (unpaired) electrons. The van der Waals surface area contributed by atoms with Crippen LogP contribution in [0.25, 0.3) is 0 Å². The van der Waals surface area contributed by atoms with Crippen LogP contribution in [-0.2, 0) is 0 Å². The van der Waals surface area contributed by atoms with Gasteiger partial charge in [0.05, 0.1) is 17.1 Å². The molecule has 0 saturated heterocycles. The van der Waals surface area contributed by atoms with E-state index < -0.39 is 11.0 Å². The normalized spacial score (nSPS) is 32.3. The summed E-state index contributed by atoms with van der Waals surface area (Å²) in [6, 6.07) is 2.50. The van der Waals surface area contributed by atoms with E-state index in [1.165, 1.54) is 0 Å². The van der Waals surface area contributed by atoms with E-state index in [9.17, 15) is 10.4 Å². The molecule has 1 N–H and O–H groups in total. The van der Waals surface area contributed by atoms with Crippen LogP contribution >= 0.6 is 0 Å².